The second-order valence-corrected chi connectivity index (χ2v) is 8.49. The molecule has 3 aromatic rings. The molecule has 1 heterocycles. The quantitative estimate of drug-likeness (QED) is 0.370. The van der Waals surface area contributed by atoms with Crippen LogP contribution < -0.4 is 16.8 Å². The highest BCUT2D eigenvalue weighted by molar-refractivity contribution is 6.31. The zero-order valence-corrected chi connectivity index (χ0v) is 18.8. The number of halogens is 1. The Morgan fingerprint density at radius 1 is 1.06 bits per heavy atom. The standard InChI is InChI=1S/C26H25ClN4O2/c27-21-10-11-24(23(29)15-21)30-25(32)19-8-6-17(7-9-19)16-31-12-2-4-20(26(31)33)13-18-3-1-5-22(28)14-18/h1,3,5-11,13-15H,2,4,12,16,28-29H2,(H,30,32)/b20-13+. The van der Waals surface area contributed by atoms with Gasteiger partial charge >= 0.3 is 0 Å². The number of carbonyl (C=O) groups is 2. The fourth-order valence-corrected chi connectivity index (χ4v) is 4.01. The Morgan fingerprint density at radius 3 is 2.58 bits per heavy atom. The zero-order chi connectivity index (χ0) is 23.4. The fraction of sp³-hybridized carbons (Fsp3) is 0.154. The molecule has 33 heavy (non-hydrogen) atoms. The minimum absolute atomic E-state index is 0.0312. The number of carbonyl (C=O) groups excluding carboxylic acids is 2. The van der Waals surface area contributed by atoms with E-state index in [1.165, 1.54) is 0 Å². The van der Waals surface area contributed by atoms with Crippen LogP contribution in [0.3, 0.4) is 0 Å². The van der Waals surface area contributed by atoms with Crippen molar-refractivity contribution in [2.45, 2.75) is 19.4 Å². The van der Waals surface area contributed by atoms with Gasteiger partial charge in [0.2, 0.25) is 5.91 Å². The maximum atomic E-state index is 13.0. The van der Waals surface area contributed by atoms with E-state index in [1.54, 1.807) is 30.3 Å². The van der Waals surface area contributed by atoms with Crippen LogP contribution in [0.5, 0.6) is 0 Å². The summed E-state index contributed by atoms with van der Waals surface area (Å²) in [6, 6.07) is 19.7. The monoisotopic (exact) mass is 460 g/mol. The number of benzene rings is 3. The first-order valence-electron chi connectivity index (χ1n) is 10.7. The summed E-state index contributed by atoms with van der Waals surface area (Å²) in [6.45, 7) is 1.18. The Hall–Kier alpha value is -3.77. The van der Waals surface area contributed by atoms with Gasteiger partial charge in [-0.15, -0.1) is 0 Å². The molecule has 7 heteroatoms. The molecule has 0 aromatic heterocycles. The molecule has 168 valence electrons. The van der Waals surface area contributed by atoms with Crippen LogP contribution in [0, 0.1) is 0 Å². The van der Waals surface area contributed by atoms with Crippen LogP contribution in [0.15, 0.2) is 72.3 Å². The van der Waals surface area contributed by atoms with E-state index in [2.05, 4.69) is 5.32 Å². The van der Waals surface area contributed by atoms with Crippen molar-refractivity contribution in [2.75, 3.05) is 23.3 Å². The number of nitrogens with one attached hydrogen (secondary N) is 1. The van der Waals surface area contributed by atoms with Gasteiger partial charge in [0, 0.05) is 34.9 Å². The van der Waals surface area contributed by atoms with Gasteiger partial charge in [0.1, 0.15) is 0 Å². The van der Waals surface area contributed by atoms with Gasteiger partial charge < -0.3 is 21.7 Å². The zero-order valence-electron chi connectivity index (χ0n) is 18.1. The van der Waals surface area contributed by atoms with Crippen LogP contribution in [0.2, 0.25) is 5.02 Å². The Bertz CT molecular complexity index is 1220. The number of hydrogen-bond acceptors (Lipinski definition) is 4. The Labute approximate surface area is 197 Å². The fourth-order valence-electron chi connectivity index (χ4n) is 3.83. The molecule has 1 fully saturated rings. The number of amides is 2. The summed E-state index contributed by atoms with van der Waals surface area (Å²) in [5.41, 5.74) is 16.5. The van der Waals surface area contributed by atoms with Gasteiger partial charge in [-0.3, -0.25) is 9.59 Å². The Kier molecular flexibility index (Phi) is 6.66. The number of rotatable bonds is 5. The molecule has 0 aliphatic carbocycles. The minimum Gasteiger partial charge on any atom is -0.399 e. The molecule has 0 spiro atoms. The van der Waals surface area contributed by atoms with Crippen LogP contribution in [0.1, 0.15) is 34.3 Å². The van der Waals surface area contributed by atoms with Crippen molar-refractivity contribution in [3.05, 3.63) is 94.0 Å². The molecule has 0 saturated carbocycles. The molecule has 0 radical (unpaired) electrons. The van der Waals surface area contributed by atoms with Gasteiger partial charge in [-0.2, -0.15) is 0 Å². The molecule has 3 aromatic carbocycles. The summed E-state index contributed by atoms with van der Waals surface area (Å²) in [7, 11) is 0. The van der Waals surface area contributed by atoms with Crippen LogP contribution in [0.4, 0.5) is 17.1 Å². The molecule has 1 aliphatic heterocycles. The molecule has 0 bridgehead atoms. The van der Waals surface area contributed by atoms with E-state index >= 15 is 0 Å². The largest absolute Gasteiger partial charge is 0.399 e. The highest BCUT2D eigenvalue weighted by Crippen LogP contribution is 2.24. The van der Waals surface area contributed by atoms with Crippen molar-refractivity contribution in [1.82, 2.24) is 4.90 Å². The molecule has 0 atom stereocenters. The Morgan fingerprint density at radius 2 is 1.85 bits per heavy atom. The predicted molar refractivity (Wildman–Crippen MR) is 134 cm³/mol. The lowest BCUT2D eigenvalue weighted by atomic mass is 10.00. The lowest BCUT2D eigenvalue weighted by Gasteiger charge is -2.28. The van der Waals surface area contributed by atoms with Crippen LogP contribution in [0.25, 0.3) is 6.08 Å². The molecule has 2 amide bonds. The van der Waals surface area contributed by atoms with Crippen molar-refractivity contribution < 1.29 is 9.59 Å². The number of nitrogen functional groups attached to an aromatic ring is 2. The predicted octanol–water partition coefficient (Wildman–Crippen LogP) is 4.96. The van der Waals surface area contributed by atoms with Gasteiger partial charge in [0.05, 0.1) is 11.4 Å². The van der Waals surface area contributed by atoms with E-state index in [9.17, 15) is 9.59 Å². The van der Waals surface area contributed by atoms with Crippen LogP contribution in [-0.4, -0.2) is 23.3 Å². The van der Waals surface area contributed by atoms with Gasteiger partial charge in [0.25, 0.3) is 5.91 Å². The van der Waals surface area contributed by atoms with E-state index < -0.39 is 0 Å². The summed E-state index contributed by atoms with van der Waals surface area (Å²) in [5.74, 6) is -0.235. The van der Waals surface area contributed by atoms with Crippen molar-refractivity contribution in [3.63, 3.8) is 0 Å². The third-order valence-corrected chi connectivity index (χ3v) is 5.77. The maximum absolute atomic E-state index is 13.0. The number of likely N-dealkylation sites (tertiary alicyclic amines) is 1. The van der Waals surface area contributed by atoms with Gasteiger partial charge in [-0.25, -0.2) is 0 Å². The SMILES string of the molecule is Nc1cccc(/C=C2\CCCN(Cc3ccc(C(=O)Nc4ccc(Cl)cc4N)cc3)C2=O)c1. The number of anilines is 3. The highest BCUT2D eigenvalue weighted by Gasteiger charge is 2.23. The van der Waals surface area contributed by atoms with E-state index in [4.69, 9.17) is 23.1 Å². The van der Waals surface area contributed by atoms with Gasteiger partial charge in [-0.05, 0) is 72.5 Å². The lowest BCUT2D eigenvalue weighted by Crippen LogP contribution is -2.36. The van der Waals surface area contributed by atoms with Crippen LogP contribution >= 0.6 is 11.6 Å². The van der Waals surface area contributed by atoms with Gasteiger partial charge in [-0.1, -0.05) is 35.9 Å². The molecule has 1 saturated heterocycles. The molecular weight excluding hydrogens is 436 g/mol. The minimum atomic E-state index is -0.267. The lowest BCUT2D eigenvalue weighted by molar-refractivity contribution is -0.129. The molecule has 5 N–H and O–H groups in total. The smallest absolute Gasteiger partial charge is 0.255 e. The summed E-state index contributed by atoms with van der Waals surface area (Å²) in [6.07, 6.45) is 3.57. The highest BCUT2D eigenvalue weighted by atomic mass is 35.5. The second kappa shape index (κ2) is 9.79. The van der Waals surface area contributed by atoms with Crippen molar-refractivity contribution in [1.29, 1.82) is 0 Å². The van der Waals surface area contributed by atoms with Crippen molar-refractivity contribution in [2.24, 2.45) is 0 Å². The molecule has 4 rings (SSSR count). The normalized spacial score (nSPS) is 15.0. The first-order chi connectivity index (χ1) is 15.9. The summed E-state index contributed by atoms with van der Waals surface area (Å²) in [5, 5.41) is 3.30. The average molecular weight is 461 g/mol. The number of hydrogen-bond donors (Lipinski definition) is 3. The molecule has 6 nitrogen and oxygen atoms in total. The van der Waals surface area contributed by atoms with E-state index in [0.29, 0.717) is 40.7 Å². The average Bonchev–Trinajstić information content (AvgIpc) is 2.79. The molecule has 1 aliphatic rings. The third-order valence-electron chi connectivity index (χ3n) is 5.54. The third kappa shape index (κ3) is 5.54. The first-order valence-corrected chi connectivity index (χ1v) is 11.1. The topological polar surface area (TPSA) is 101 Å². The number of nitrogens with two attached hydrogens (primary N) is 2. The molecular formula is C26H25ClN4O2. The second-order valence-electron chi connectivity index (χ2n) is 8.05. The maximum Gasteiger partial charge on any atom is 0.255 e. The number of piperidine rings is 1. The van der Waals surface area contributed by atoms with Crippen LogP contribution in [-0.2, 0) is 11.3 Å². The molecule has 0 unspecified atom stereocenters. The van der Waals surface area contributed by atoms with Gasteiger partial charge in [0.15, 0.2) is 0 Å². The van der Waals surface area contributed by atoms with Crippen molar-refractivity contribution >= 4 is 46.6 Å². The first kappa shape index (κ1) is 22.4. The van der Waals surface area contributed by atoms with Crippen molar-refractivity contribution in [3.8, 4) is 0 Å². The van der Waals surface area contributed by atoms with E-state index in [-0.39, 0.29) is 11.8 Å². The summed E-state index contributed by atoms with van der Waals surface area (Å²) in [4.78, 5) is 27.4. The summed E-state index contributed by atoms with van der Waals surface area (Å²) >= 11 is 5.90. The van der Waals surface area contributed by atoms with E-state index in [0.717, 1.165) is 29.5 Å². The number of nitrogens with zero attached hydrogens (tertiary/aromatic N) is 1. The Balaban J connectivity index is 1.42. The summed E-state index contributed by atoms with van der Waals surface area (Å²) < 4.78 is 0. The van der Waals surface area contributed by atoms with E-state index in [1.807, 2.05) is 47.4 Å².